The number of aliphatic carboxylic acids is 1. The Kier molecular flexibility index (Phi) is 4.41. The van der Waals surface area contributed by atoms with Crippen LogP contribution in [0.25, 0.3) is 0 Å². The molecule has 104 valence electrons. The smallest absolute Gasteiger partial charge is 0.307 e. The molecule has 0 bridgehead atoms. The van der Waals surface area contributed by atoms with Crippen molar-refractivity contribution in [2.45, 2.75) is 26.9 Å². The van der Waals surface area contributed by atoms with Crippen molar-refractivity contribution in [3.05, 3.63) is 64.7 Å². The molecule has 2 aromatic carbocycles. The number of carboxylic acid groups (broad SMARTS) is 1. The molecule has 2 rings (SSSR count). The van der Waals surface area contributed by atoms with E-state index < -0.39 is 5.97 Å². The molecule has 0 amide bonds. The quantitative estimate of drug-likeness (QED) is 0.904. The Morgan fingerprint density at radius 3 is 2.50 bits per heavy atom. The van der Waals surface area contributed by atoms with Crippen molar-refractivity contribution in [3.8, 4) is 5.75 Å². The van der Waals surface area contributed by atoms with Crippen LogP contribution in [0.1, 0.15) is 22.3 Å². The number of hydrogen-bond donors (Lipinski definition) is 1. The summed E-state index contributed by atoms with van der Waals surface area (Å²) in [6.45, 7) is 4.34. The summed E-state index contributed by atoms with van der Waals surface area (Å²) in [4.78, 5) is 11.0. The van der Waals surface area contributed by atoms with Gasteiger partial charge in [-0.3, -0.25) is 4.79 Å². The number of benzene rings is 2. The molecular formula is C17H18O3. The van der Waals surface area contributed by atoms with Gasteiger partial charge in [0.15, 0.2) is 0 Å². The van der Waals surface area contributed by atoms with E-state index in [9.17, 15) is 4.79 Å². The monoisotopic (exact) mass is 270 g/mol. The third kappa shape index (κ3) is 3.60. The maximum Gasteiger partial charge on any atom is 0.307 e. The van der Waals surface area contributed by atoms with Crippen molar-refractivity contribution in [1.29, 1.82) is 0 Å². The van der Waals surface area contributed by atoms with Gasteiger partial charge in [0.05, 0.1) is 6.42 Å². The van der Waals surface area contributed by atoms with Crippen molar-refractivity contribution in [1.82, 2.24) is 0 Å². The van der Waals surface area contributed by atoms with Crippen LogP contribution in [0.3, 0.4) is 0 Å². The fourth-order valence-electron chi connectivity index (χ4n) is 2.27. The van der Waals surface area contributed by atoms with E-state index in [4.69, 9.17) is 9.84 Å². The summed E-state index contributed by atoms with van der Waals surface area (Å²) < 4.78 is 5.85. The Hall–Kier alpha value is -2.29. The normalized spacial score (nSPS) is 10.3. The lowest BCUT2D eigenvalue weighted by atomic mass is 10.0. The summed E-state index contributed by atoms with van der Waals surface area (Å²) in [5, 5.41) is 9.00. The first-order valence-electron chi connectivity index (χ1n) is 6.55. The highest BCUT2D eigenvalue weighted by Crippen LogP contribution is 2.27. The molecule has 0 unspecified atom stereocenters. The van der Waals surface area contributed by atoms with Crippen LogP contribution in [0, 0.1) is 13.8 Å². The van der Waals surface area contributed by atoms with Crippen LogP contribution in [0.4, 0.5) is 0 Å². The van der Waals surface area contributed by atoms with Crippen LogP contribution in [0.2, 0.25) is 0 Å². The van der Waals surface area contributed by atoms with E-state index in [0.29, 0.717) is 12.4 Å². The standard InChI is InChI=1S/C17H18O3/c1-12-8-13(2)17(15(9-12)10-16(18)19)20-11-14-6-4-3-5-7-14/h3-9H,10-11H2,1-2H3,(H,18,19). The predicted octanol–water partition coefficient (Wildman–Crippen LogP) is 3.51. The average molecular weight is 270 g/mol. The lowest BCUT2D eigenvalue weighted by Crippen LogP contribution is -2.06. The van der Waals surface area contributed by atoms with E-state index in [0.717, 1.165) is 22.3 Å². The van der Waals surface area contributed by atoms with Crippen molar-refractivity contribution < 1.29 is 14.6 Å². The zero-order chi connectivity index (χ0) is 14.5. The molecule has 0 saturated heterocycles. The zero-order valence-electron chi connectivity index (χ0n) is 11.7. The number of hydrogen-bond acceptors (Lipinski definition) is 2. The minimum absolute atomic E-state index is 0.0212. The molecule has 0 radical (unpaired) electrons. The van der Waals surface area contributed by atoms with Gasteiger partial charge in [0.2, 0.25) is 0 Å². The van der Waals surface area contributed by atoms with Crippen LogP contribution >= 0.6 is 0 Å². The molecule has 1 N–H and O–H groups in total. The summed E-state index contributed by atoms with van der Waals surface area (Å²) >= 11 is 0. The Morgan fingerprint density at radius 2 is 1.85 bits per heavy atom. The lowest BCUT2D eigenvalue weighted by Gasteiger charge is -2.14. The van der Waals surface area contributed by atoms with E-state index in [1.54, 1.807) is 0 Å². The van der Waals surface area contributed by atoms with Gasteiger partial charge in [-0.15, -0.1) is 0 Å². The molecule has 0 saturated carbocycles. The van der Waals surface area contributed by atoms with Gasteiger partial charge in [-0.25, -0.2) is 0 Å². The van der Waals surface area contributed by atoms with E-state index in [1.165, 1.54) is 0 Å². The van der Waals surface area contributed by atoms with E-state index in [1.807, 2.05) is 56.3 Å². The fraction of sp³-hybridized carbons (Fsp3) is 0.235. The average Bonchev–Trinajstić information content (AvgIpc) is 2.38. The Morgan fingerprint density at radius 1 is 1.15 bits per heavy atom. The minimum atomic E-state index is -0.848. The molecule has 3 nitrogen and oxygen atoms in total. The second-order valence-corrected chi connectivity index (χ2v) is 4.91. The van der Waals surface area contributed by atoms with Gasteiger partial charge in [0.25, 0.3) is 0 Å². The minimum Gasteiger partial charge on any atom is -0.488 e. The van der Waals surface area contributed by atoms with Crippen LogP contribution in [0.5, 0.6) is 5.75 Å². The Balaban J connectivity index is 2.23. The molecule has 20 heavy (non-hydrogen) atoms. The van der Waals surface area contributed by atoms with Crippen LogP contribution < -0.4 is 4.74 Å². The highest BCUT2D eigenvalue weighted by Gasteiger charge is 2.12. The molecular weight excluding hydrogens is 252 g/mol. The van der Waals surface area contributed by atoms with E-state index in [2.05, 4.69) is 0 Å². The van der Waals surface area contributed by atoms with Gasteiger partial charge in [-0.05, 0) is 25.0 Å². The number of carboxylic acids is 1. The highest BCUT2D eigenvalue weighted by atomic mass is 16.5. The summed E-state index contributed by atoms with van der Waals surface area (Å²) in [5.74, 6) is -0.165. The topological polar surface area (TPSA) is 46.5 Å². The maximum absolute atomic E-state index is 11.0. The molecule has 0 aliphatic carbocycles. The molecule has 0 fully saturated rings. The van der Waals surface area contributed by atoms with E-state index in [-0.39, 0.29) is 6.42 Å². The third-order valence-corrected chi connectivity index (χ3v) is 3.06. The van der Waals surface area contributed by atoms with Gasteiger partial charge < -0.3 is 9.84 Å². The van der Waals surface area contributed by atoms with Crippen molar-refractivity contribution >= 4 is 5.97 Å². The summed E-state index contributed by atoms with van der Waals surface area (Å²) in [5.41, 5.74) is 3.81. The molecule has 0 atom stereocenters. The predicted molar refractivity (Wildman–Crippen MR) is 78.0 cm³/mol. The Bertz CT molecular complexity index is 603. The largest absolute Gasteiger partial charge is 0.488 e. The number of aryl methyl sites for hydroxylation is 2. The van der Waals surface area contributed by atoms with Gasteiger partial charge in [-0.1, -0.05) is 48.0 Å². The van der Waals surface area contributed by atoms with Gasteiger partial charge in [0, 0.05) is 5.56 Å². The van der Waals surface area contributed by atoms with Crippen LogP contribution in [-0.2, 0) is 17.8 Å². The molecule has 2 aromatic rings. The second-order valence-electron chi connectivity index (χ2n) is 4.91. The zero-order valence-corrected chi connectivity index (χ0v) is 11.7. The number of ether oxygens (including phenoxy) is 1. The summed E-state index contributed by atoms with van der Waals surface area (Å²) in [6.07, 6.45) is -0.0212. The Labute approximate surface area is 118 Å². The molecule has 3 heteroatoms. The molecule has 0 spiro atoms. The van der Waals surface area contributed by atoms with E-state index >= 15 is 0 Å². The number of carbonyl (C=O) groups is 1. The first-order chi connectivity index (χ1) is 9.56. The van der Waals surface area contributed by atoms with Crippen LogP contribution in [-0.4, -0.2) is 11.1 Å². The third-order valence-electron chi connectivity index (χ3n) is 3.06. The summed E-state index contributed by atoms with van der Waals surface area (Å²) in [7, 11) is 0. The van der Waals surface area contributed by atoms with Crippen molar-refractivity contribution in [2.75, 3.05) is 0 Å². The van der Waals surface area contributed by atoms with Gasteiger partial charge in [0.1, 0.15) is 12.4 Å². The van der Waals surface area contributed by atoms with Crippen molar-refractivity contribution in [3.63, 3.8) is 0 Å². The summed E-state index contributed by atoms with van der Waals surface area (Å²) in [6, 6.07) is 13.7. The molecule has 0 aliphatic heterocycles. The highest BCUT2D eigenvalue weighted by molar-refractivity contribution is 5.72. The molecule has 0 heterocycles. The van der Waals surface area contributed by atoms with Gasteiger partial charge >= 0.3 is 5.97 Å². The first-order valence-corrected chi connectivity index (χ1v) is 6.55. The first kappa shape index (κ1) is 14.1. The lowest BCUT2D eigenvalue weighted by molar-refractivity contribution is -0.136. The van der Waals surface area contributed by atoms with Gasteiger partial charge in [-0.2, -0.15) is 0 Å². The second kappa shape index (κ2) is 6.24. The fourth-order valence-corrected chi connectivity index (χ4v) is 2.27. The van der Waals surface area contributed by atoms with Crippen molar-refractivity contribution in [2.24, 2.45) is 0 Å². The molecule has 0 aromatic heterocycles. The SMILES string of the molecule is Cc1cc(C)c(OCc2ccccc2)c(CC(=O)O)c1. The van der Waals surface area contributed by atoms with Crippen LogP contribution in [0.15, 0.2) is 42.5 Å². The number of rotatable bonds is 5. The molecule has 0 aliphatic rings. The maximum atomic E-state index is 11.0.